The largest absolute Gasteiger partial charge is 0.493 e. The van der Waals surface area contributed by atoms with Crippen molar-refractivity contribution < 1.29 is 19.0 Å². The lowest BCUT2D eigenvalue weighted by Crippen LogP contribution is -2.12. The van der Waals surface area contributed by atoms with Crippen molar-refractivity contribution in [2.75, 3.05) is 32.4 Å². The summed E-state index contributed by atoms with van der Waals surface area (Å²) in [5, 5.41) is 2.81. The first kappa shape index (κ1) is 16.5. The van der Waals surface area contributed by atoms with Gasteiger partial charge >= 0.3 is 0 Å². The zero-order valence-electron chi connectivity index (χ0n) is 13.6. The first-order chi connectivity index (χ1) is 11.0. The van der Waals surface area contributed by atoms with Crippen LogP contribution in [0.25, 0.3) is 0 Å². The van der Waals surface area contributed by atoms with Crippen LogP contribution in [0.5, 0.6) is 17.2 Å². The number of hydrogen-bond acceptors (Lipinski definition) is 5. The van der Waals surface area contributed by atoms with E-state index in [1.807, 2.05) is 6.92 Å². The van der Waals surface area contributed by atoms with Crippen LogP contribution in [0.4, 0.5) is 11.4 Å². The average molecular weight is 316 g/mol. The van der Waals surface area contributed by atoms with Gasteiger partial charge in [-0.25, -0.2) is 0 Å². The van der Waals surface area contributed by atoms with Gasteiger partial charge in [-0.3, -0.25) is 4.79 Å². The van der Waals surface area contributed by atoms with Crippen LogP contribution >= 0.6 is 0 Å². The quantitative estimate of drug-likeness (QED) is 0.829. The highest BCUT2D eigenvalue weighted by Gasteiger charge is 2.15. The third-order valence-electron chi connectivity index (χ3n) is 3.45. The molecule has 2 aromatic rings. The summed E-state index contributed by atoms with van der Waals surface area (Å²) in [4.78, 5) is 12.4. The van der Waals surface area contributed by atoms with E-state index in [2.05, 4.69) is 5.32 Å². The molecule has 0 radical (unpaired) electrons. The molecule has 0 heterocycles. The first-order valence-corrected chi connectivity index (χ1v) is 6.97. The number of amides is 1. The second-order valence-corrected chi connectivity index (χ2v) is 4.94. The van der Waals surface area contributed by atoms with E-state index in [1.54, 1.807) is 30.3 Å². The molecule has 23 heavy (non-hydrogen) atoms. The summed E-state index contributed by atoms with van der Waals surface area (Å²) in [5.74, 6) is 1.16. The smallest absolute Gasteiger partial charge is 0.255 e. The second kappa shape index (κ2) is 6.91. The zero-order chi connectivity index (χ0) is 17.0. The van der Waals surface area contributed by atoms with Crippen LogP contribution < -0.4 is 25.3 Å². The molecule has 0 atom stereocenters. The van der Waals surface area contributed by atoms with Gasteiger partial charge in [-0.2, -0.15) is 0 Å². The van der Waals surface area contributed by atoms with Gasteiger partial charge in [-0.05, 0) is 30.7 Å². The number of carbonyl (C=O) groups is 1. The molecule has 0 unspecified atom stereocenters. The van der Waals surface area contributed by atoms with Crippen LogP contribution in [0.2, 0.25) is 0 Å². The lowest BCUT2D eigenvalue weighted by atomic mass is 10.1. The zero-order valence-corrected chi connectivity index (χ0v) is 13.6. The van der Waals surface area contributed by atoms with Gasteiger partial charge in [0, 0.05) is 29.1 Å². The molecule has 1 amide bonds. The summed E-state index contributed by atoms with van der Waals surface area (Å²) in [5.41, 5.74) is 8.33. The molecule has 6 nitrogen and oxygen atoms in total. The number of nitrogens with two attached hydrogens (primary N) is 1. The van der Waals surface area contributed by atoms with Crippen molar-refractivity contribution in [2.45, 2.75) is 6.92 Å². The molecule has 0 bridgehead atoms. The third-order valence-corrected chi connectivity index (χ3v) is 3.45. The van der Waals surface area contributed by atoms with Gasteiger partial charge in [0.2, 0.25) is 5.75 Å². The summed E-state index contributed by atoms with van der Waals surface area (Å²) in [6.07, 6.45) is 0. The lowest BCUT2D eigenvalue weighted by molar-refractivity contribution is 0.102. The Morgan fingerprint density at radius 2 is 1.61 bits per heavy atom. The molecular weight excluding hydrogens is 296 g/mol. The summed E-state index contributed by atoms with van der Waals surface area (Å²) in [6.45, 7) is 1.85. The van der Waals surface area contributed by atoms with Crippen LogP contribution in [-0.4, -0.2) is 27.2 Å². The van der Waals surface area contributed by atoms with Crippen LogP contribution in [-0.2, 0) is 0 Å². The molecule has 3 N–H and O–H groups in total. The van der Waals surface area contributed by atoms with E-state index in [1.165, 1.54) is 21.3 Å². The van der Waals surface area contributed by atoms with Crippen molar-refractivity contribution in [1.29, 1.82) is 0 Å². The van der Waals surface area contributed by atoms with Gasteiger partial charge in [0.1, 0.15) is 0 Å². The summed E-state index contributed by atoms with van der Waals surface area (Å²) >= 11 is 0. The van der Waals surface area contributed by atoms with Crippen molar-refractivity contribution in [2.24, 2.45) is 0 Å². The number of ether oxygens (including phenoxy) is 3. The molecule has 0 fully saturated rings. The Balaban J connectivity index is 2.31. The predicted molar refractivity (Wildman–Crippen MR) is 89.6 cm³/mol. The molecule has 2 aromatic carbocycles. The van der Waals surface area contributed by atoms with Gasteiger partial charge in [0.25, 0.3) is 5.91 Å². The van der Waals surface area contributed by atoms with Gasteiger partial charge in [-0.15, -0.1) is 0 Å². The highest BCUT2D eigenvalue weighted by molar-refractivity contribution is 6.05. The number of nitrogen functional groups attached to an aromatic ring is 1. The predicted octanol–water partition coefficient (Wildman–Crippen LogP) is 2.86. The number of benzene rings is 2. The van der Waals surface area contributed by atoms with E-state index >= 15 is 0 Å². The number of aryl methyl sites for hydroxylation is 1. The molecule has 0 aliphatic carbocycles. The van der Waals surface area contributed by atoms with E-state index in [0.717, 1.165) is 5.56 Å². The molecule has 0 saturated carbocycles. The normalized spacial score (nSPS) is 10.1. The fourth-order valence-corrected chi connectivity index (χ4v) is 2.17. The van der Waals surface area contributed by atoms with E-state index < -0.39 is 0 Å². The van der Waals surface area contributed by atoms with Crippen molar-refractivity contribution in [3.8, 4) is 17.2 Å². The maximum absolute atomic E-state index is 12.4. The Morgan fingerprint density at radius 1 is 1.00 bits per heavy atom. The fraction of sp³-hybridized carbons (Fsp3) is 0.235. The fourth-order valence-electron chi connectivity index (χ4n) is 2.17. The minimum Gasteiger partial charge on any atom is -0.493 e. The number of nitrogens with one attached hydrogen (secondary N) is 1. The maximum Gasteiger partial charge on any atom is 0.255 e. The van der Waals surface area contributed by atoms with Crippen molar-refractivity contribution in [3.63, 3.8) is 0 Å². The van der Waals surface area contributed by atoms with Crippen molar-refractivity contribution >= 4 is 17.3 Å². The molecule has 0 aromatic heterocycles. The number of carbonyl (C=O) groups excluding carboxylic acids is 1. The Morgan fingerprint density at radius 3 is 2.09 bits per heavy atom. The minimum absolute atomic E-state index is 0.248. The highest BCUT2D eigenvalue weighted by Crippen LogP contribution is 2.40. The standard InChI is InChI=1S/C17H20N2O4/c1-10-7-11(5-6-13(10)18)17(20)19-12-8-14(21-2)16(23-4)15(9-12)22-3/h5-9H,18H2,1-4H3,(H,19,20). The third kappa shape index (κ3) is 3.48. The summed E-state index contributed by atoms with van der Waals surface area (Å²) in [7, 11) is 4.56. The van der Waals surface area contributed by atoms with Crippen LogP contribution in [0.15, 0.2) is 30.3 Å². The van der Waals surface area contributed by atoms with E-state index in [0.29, 0.717) is 34.2 Å². The highest BCUT2D eigenvalue weighted by atomic mass is 16.5. The van der Waals surface area contributed by atoms with Gasteiger partial charge < -0.3 is 25.3 Å². The number of methoxy groups -OCH3 is 3. The molecule has 0 aliphatic heterocycles. The Labute approximate surface area is 135 Å². The summed E-state index contributed by atoms with van der Waals surface area (Å²) < 4.78 is 15.8. The molecule has 122 valence electrons. The van der Waals surface area contributed by atoms with Crippen LogP contribution in [0.1, 0.15) is 15.9 Å². The van der Waals surface area contributed by atoms with Gasteiger partial charge in [0.15, 0.2) is 11.5 Å². The van der Waals surface area contributed by atoms with Crippen molar-refractivity contribution in [3.05, 3.63) is 41.5 Å². The Hall–Kier alpha value is -2.89. The topological polar surface area (TPSA) is 82.8 Å². The Bertz CT molecular complexity index is 704. The molecular formula is C17H20N2O4. The molecule has 0 spiro atoms. The van der Waals surface area contributed by atoms with Gasteiger partial charge in [0.05, 0.1) is 21.3 Å². The first-order valence-electron chi connectivity index (χ1n) is 6.97. The van der Waals surface area contributed by atoms with Gasteiger partial charge in [-0.1, -0.05) is 0 Å². The lowest BCUT2D eigenvalue weighted by Gasteiger charge is -2.14. The number of hydrogen-bond donors (Lipinski definition) is 2. The summed E-state index contributed by atoms with van der Waals surface area (Å²) in [6, 6.07) is 8.46. The number of anilines is 2. The molecule has 2 rings (SSSR count). The second-order valence-electron chi connectivity index (χ2n) is 4.94. The van der Waals surface area contributed by atoms with E-state index in [4.69, 9.17) is 19.9 Å². The number of rotatable bonds is 5. The van der Waals surface area contributed by atoms with Crippen molar-refractivity contribution in [1.82, 2.24) is 0 Å². The van der Waals surface area contributed by atoms with Crippen LogP contribution in [0.3, 0.4) is 0 Å². The van der Waals surface area contributed by atoms with E-state index in [9.17, 15) is 4.79 Å². The van der Waals surface area contributed by atoms with E-state index in [-0.39, 0.29) is 5.91 Å². The SMILES string of the molecule is COc1cc(NC(=O)c2ccc(N)c(C)c2)cc(OC)c1OC. The molecule has 0 aliphatic rings. The average Bonchev–Trinajstić information content (AvgIpc) is 2.56. The maximum atomic E-state index is 12.4. The minimum atomic E-state index is -0.248. The molecule has 6 heteroatoms. The Kier molecular flexibility index (Phi) is 4.95. The monoisotopic (exact) mass is 316 g/mol. The van der Waals surface area contributed by atoms with Crippen LogP contribution in [0, 0.1) is 6.92 Å². The molecule has 0 saturated heterocycles.